The molecular weight excluding hydrogens is 204 g/mol. The van der Waals surface area contributed by atoms with Crippen molar-refractivity contribution in [2.45, 2.75) is 38.0 Å². The molecule has 0 rings (SSSR count). The highest BCUT2D eigenvalue weighted by molar-refractivity contribution is 6.71. The van der Waals surface area contributed by atoms with Crippen molar-refractivity contribution in [1.29, 1.82) is 0 Å². The van der Waals surface area contributed by atoms with Gasteiger partial charge >= 0.3 is 17.5 Å². The monoisotopic (exact) mass is 218 g/mol. The minimum absolute atomic E-state index is 0.141. The van der Waals surface area contributed by atoms with Gasteiger partial charge in [-0.2, -0.15) is 0 Å². The van der Waals surface area contributed by atoms with E-state index in [-0.39, 0.29) is 6.04 Å². The van der Waals surface area contributed by atoms with E-state index in [0.717, 1.165) is 6.55 Å². The van der Waals surface area contributed by atoms with Crippen LogP contribution in [0.1, 0.15) is 13.3 Å². The molecule has 0 bridgehead atoms. The average Bonchev–Trinajstić information content (AvgIpc) is 1.83. The molecule has 0 amide bonds. The zero-order valence-corrected chi connectivity index (χ0v) is 9.34. The van der Waals surface area contributed by atoms with Crippen molar-refractivity contribution < 1.29 is 16.4 Å². The van der Waals surface area contributed by atoms with Gasteiger partial charge in [0.1, 0.15) is 0 Å². The summed E-state index contributed by atoms with van der Waals surface area (Å²) in [6.07, 6.45) is 0.399. The summed E-state index contributed by atoms with van der Waals surface area (Å²) in [4.78, 5) is 0. The zero-order valence-electron chi connectivity index (χ0n) is 7.34. The quantitative estimate of drug-likeness (QED) is 0.374. The van der Waals surface area contributed by atoms with Crippen LogP contribution in [0.3, 0.4) is 0 Å². The van der Waals surface area contributed by atoms with Crippen LogP contribution in [0.2, 0.25) is 24.7 Å². The van der Waals surface area contributed by atoms with Gasteiger partial charge < -0.3 is 0 Å². The summed E-state index contributed by atoms with van der Waals surface area (Å²) in [6, 6.07) is -1.19. The lowest BCUT2D eigenvalue weighted by Gasteiger charge is -2.13. The first-order valence-electron chi connectivity index (χ1n) is 4.02. The summed E-state index contributed by atoms with van der Waals surface area (Å²) in [6.45, 7) is 2.48. The van der Waals surface area contributed by atoms with E-state index >= 15 is 0 Å². The number of rotatable bonds is 5. The van der Waals surface area contributed by atoms with Gasteiger partial charge in [-0.15, -0.1) is 0 Å². The lowest BCUT2D eigenvalue weighted by Crippen LogP contribution is -2.26. The second kappa shape index (κ2) is 4.41. The van der Waals surface area contributed by atoms with Gasteiger partial charge in [0.05, 0.1) is 0 Å². The van der Waals surface area contributed by atoms with Gasteiger partial charge in [0.15, 0.2) is 0 Å². The Morgan fingerprint density at radius 2 is 1.42 bits per heavy atom. The SMILES string of the molecule is CCC[Si](F)(F)CC[Si](C)(F)F. The van der Waals surface area contributed by atoms with E-state index in [1.807, 2.05) is 0 Å². The molecule has 0 nitrogen and oxygen atoms in total. The fourth-order valence-corrected chi connectivity index (χ4v) is 5.09. The van der Waals surface area contributed by atoms with Gasteiger partial charge in [-0.25, -0.2) is 0 Å². The largest absolute Gasteiger partial charge is 0.424 e. The van der Waals surface area contributed by atoms with Crippen LogP contribution < -0.4 is 0 Å². The van der Waals surface area contributed by atoms with E-state index in [4.69, 9.17) is 0 Å². The molecule has 0 aliphatic heterocycles. The van der Waals surface area contributed by atoms with Crippen LogP contribution in [0.5, 0.6) is 0 Å². The predicted molar refractivity (Wildman–Crippen MR) is 46.5 cm³/mol. The van der Waals surface area contributed by atoms with E-state index in [1.165, 1.54) is 0 Å². The van der Waals surface area contributed by atoms with Gasteiger partial charge in [0.2, 0.25) is 0 Å². The third kappa shape index (κ3) is 6.84. The van der Waals surface area contributed by atoms with E-state index in [1.54, 1.807) is 6.92 Å². The highest BCUT2D eigenvalue weighted by Gasteiger charge is 2.39. The third-order valence-corrected chi connectivity index (χ3v) is 5.39. The first-order chi connectivity index (χ1) is 5.27. The second-order valence-electron chi connectivity index (χ2n) is 3.18. The smallest absolute Gasteiger partial charge is 0.271 e. The molecular formula is C6H14F4Si2. The van der Waals surface area contributed by atoms with Crippen molar-refractivity contribution in [3.63, 3.8) is 0 Å². The van der Waals surface area contributed by atoms with Crippen molar-refractivity contribution in [2.75, 3.05) is 0 Å². The van der Waals surface area contributed by atoms with Crippen LogP contribution in [-0.4, -0.2) is 17.5 Å². The summed E-state index contributed by atoms with van der Waals surface area (Å²) < 4.78 is 50.2. The van der Waals surface area contributed by atoms with Crippen LogP contribution in [0.25, 0.3) is 0 Å². The molecule has 6 heteroatoms. The molecule has 0 unspecified atom stereocenters. The maximum absolute atomic E-state index is 12.8. The van der Waals surface area contributed by atoms with Crippen molar-refractivity contribution >= 4 is 17.5 Å². The molecule has 12 heavy (non-hydrogen) atoms. The zero-order chi connectivity index (χ0) is 9.83. The highest BCUT2D eigenvalue weighted by Crippen LogP contribution is 2.27. The molecule has 0 saturated heterocycles. The standard InChI is InChI=1S/C6H14F4Si2/c1-3-4-12(9,10)6-5-11(2,7)8/h3-6H2,1-2H3. The van der Waals surface area contributed by atoms with Crippen molar-refractivity contribution in [3.8, 4) is 0 Å². The van der Waals surface area contributed by atoms with Gasteiger partial charge in [-0.1, -0.05) is 13.3 Å². The predicted octanol–water partition coefficient (Wildman–Crippen LogP) is 3.79. The summed E-state index contributed by atoms with van der Waals surface area (Å²) in [5, 5.41) is 0. The Morgan fingerprint density at radius 1 is 0.917 bits per heavy atom. The lowest BCUT2D eigenvalue weighted by molar-refractivity contribution is 0.567. The Balaban J connectivity index is 3.75. The minimum Gasteiger partial charge on any atom is -0.271 e. The topological polar surface area (TPSA) is 0 Å². The van der Waals surface area contributed by atoms with Crippen LogP contribution in [0.15, 0.2) is 0 Å². The maximum Gasteiger partial charge on any atom is 0.424 e. The van der Waals surface area contributed by atoms with E-state index < -0.39 is 29.6 Å². The fraction of sp³-hybridized carbons (Fsp3) is 1.00. The number of hydrogen-bond acceptors (Lipinski definition) is 0. The van der Waals surface area contributed by atoms with E-state index in [0.29, 0.717) is 6.42 Å². The molecule has 0 atom stereocenters. The van der Waals surface area contributed by atoms with E-state index in [2.05, 4.69) is 0 Å². The first kappa shape index (κ1) is 12.2. The third-order valence-electron chi connectivity index (χ3n) is 1.55. The minimum atomic E-state index is -4.26. The Bertz CT molecular complexity index is 132. The Morgan fingerprint density at radius 3 is 1.75 bits per heavy atom. The van der Waals surface area contributed by atoms with Gasteiger partial charge in [-0.3, -0.25) is 16.4 Å². The van der Waals surface area contributed by atoms with Crippen molar-refractivity contribution in [2.24, 2.45) is 0 Å². The van der Waals surface area contributed by atoms with E-state index in [9.17, 15) is 16.4 Å². The Labute approximate surface area is 72.7 Å². The molecule has 0 aromatic heterocycles. The molecule has 0 saturated carbocycles. The molecule has 0 aromatic carbocycles. The molecule has 0 N–H and O–H groups in total. The maximum atomic E-state index is 12.8. The summed E-state index contributed by atoms with van der Waals surface area (Å²) >= 11 is 0. The molecule has 0 heterocycles. The normalized spacial score (nSPS) is 13.5. The van der Waals surface area contributed by atoms with Crippen molar-refractivity contribution in [1.82, 2.24) is 0 Å². The number of hydrogen-bond donors (Lipinski definition) is 0. The average molecular weight is 218 g/mol. The number of halogens is 4. The lowest BCUT2D eigenvalue weighted by atomic mass is 10.6. The second-order valence-corrected chi connectivity index (χ2v) is 8.53. The molecule has 0 fully saturated rings. The first-order valence-corrected chi connectivity index (χ1v) is 8.66. The Hall–Kier alpha value is 0.154. The van der Waals surface area contributed by atoms with Crippen LogP contribution >= 0.6 is 0 Å². The molecule has 0 aromatic rings. The summed E-state index contributed by atoms with van der Waals surface area (Å²) in [7, 11) is -8.50. The molecule has 0 radical (unpaired) electrons. The molecule has 0 spiro atoms. The molecule has 0 aliphatic rings. The van der Waals surface area contributed by atoms with Crippen molar-refractivity contribution in [3.05, 3.63) is 0 Å². The highest BCUT2D eigenvalue weighted by atomic mass is 28.4. The van der Waals surface area contributed by atoms with Gasteiger partial charge in [-0.05, 0) is 12.6 Å². The molecule has 74 valence electrons. The Kier molecular flexibility index (Phi) is 4.46. The van der Waals surface area contributed by atoms with Crippen LogP contribution in [0, 0.1) is 0 Å². The van der Waals surface area contributed by atoms with Crippen LogP contribution in [-0.2, 0) is 0 Å². The van der Waals surface area contributed by atoms with Gasteiger partial charge in [0, 0.05) is 12.1 Å². The fourth-order valence-electron chi connectivity index (χ4n) is 0.893. The van der Waals surface area contributed by atoms with Gasteiger partial charge in [0.25, 0.3) is 0 Å². The summed E-state index contributed by atoms with van der Waals surface area (Å²) in [5.74, 6) is 0. The summed E-state index contributed by atoms with van der Waals surface area (Å²) in [5.41, 5.74) is 0. The van der Waals surface area contributed by atoms with Crippen LogP contribution in [0.4, 0.5) is 16.4 Å². The molecule has 0 aliphatic carbocycles.